The van der Waals surface area contributed by atoms with Gasteiger partial charge in [0.15, 0.2) is 13.4 Å². The molecule has 0 amide bonds. The van der Waals surface area contributed by atoms with E-state index in [-0.39, 0.29) is 182 Å². The molecule has 18 bridgehead atoms. The third-order valence-corrected chi connectivity index (χ3v) is 31.7. The molecular formula is C99H178O20. The highest BCUT2D eigenvalue weighted by Gasteiger charge is 2.66. The third-order valence-electron chi connectivity index (χ3n) is 31.7. The van der Waals surface area contributed by atoms with Crippen molar-refractivity contribution in [2.75, 3.05) is 26.6 Å². The molecule has 18 aliphatic carbocycles. The normalized spacial score (nSPS) is 36.6. The van der Waals surface area contributed by atoms with Crippen molar-refractivity contribution >= 4 is 53.7 Å². The number of esters is 9. The summed E-state index contributed by atoms with van der Waals surface area (Å²) in [6.07, 6.45) is 30.7. The second-order valence-corrected chi connectivity index (χ2v) is 41.7. The Balaban J connectivity index is 0.000000509. The summed E-state index contributed by atoms with van der Waals surface area (Å²) in [5, 5.41) is 10.6. The minimum absolute atomic E-state index is 0. The molecule has 0 aromatic carbocycles. The maximum absolute atomic E-state index is 13.3. The Kier molecular flexibility index (Phi) is 38.9. The second-order valence-electron chi connectivity index (χ2n) is 41.7. The van der Waals surface area contributed by atoms with Gasteiger partial charge in [-0.25, -0.2) is 9.59 Å². The molecule has 0 spiro atoms. The van der Waals surface area contributed by atoms with Crippen LogP contribution in [0.2, 0.25) is 0 Å². The Morgan fingerprint density at radius 1 is 0.437 bits per heavy atom. The maximum atomic E-state index is 13.3. The number of aliphatic hydroxyl groups is 1. The molecule has 2 aliphatic heterocycles. The molecule has 20 heteroatoms. The van der Waals surface area contributed by atoms with Crippen LogP contribution in [0.5, 0.6) is 0 Å². The highest BCUT2D eigenvalue weighted by Crippen LogP contribution is 2.65. The van der Waals surface area contributed by atoms with Crippen LogP contribution in [0.15, 0.2) is 0 Å². The number of fused-ring (bicyclic) bond motifs is 1. The van der Waals surface area contributed by atoms with Gasteiger partial charge in [-0.15, -0.1) is 0 Å². The Morgan fingerprint density at radius 3 is 1.34 bits per heavy atom. The van der Waals surface area contributed by atoms with E-state index in [0.717, 1.165) is 133 Å². The molecule has 0 radical (unpaired) electrons. The van der Waals surface area contributed by atoms with Crippen LogP contribution in [0.4, 0.5) is 0 Å². The Hall–Kier alpha value is -4.85. The van der Waals surface area contributed by atoms with Gasteiger partial charge >= 0.3 is 53.7 Å². The summed E-state index contributed by atoms with van der Waals surface area (Å²) in [6, 6.07) is 0. The van der Waals surface area contributed by atoms with Gasteiger partial charge in [-0.3, -0.25) is 33.6 Å². The first-order chi connectivity index (χ1) is 51.2. The zero-order valence-electron chi connectivity index (χ0n) is 69.4. The molecule has 10 unspecified atom stereocenters. The Bertz CT molecular complexity index is 3260. The minimum Gasteiger partial charge on any atom is -0.463 e. The predicted octanol–water partition coefficient (Wildman–Crippen LogP) is 22.6. The summed E-state index contributed by atoms with van der Waals surface area (Å²) < 4.78 is 55.8. The van der Waals surface area contributed by atoms with Gasteiger partial charge in [0.05, 0.1) is 57.2 Å². The largest absolute Gasteiger partial charge is 0.463 e. The summed E-state index contributed by atoms with van der Waals surface area (Å²) in [5.74, 6) is 6.43. The lowest BCUT2D eigenvalue weighted by Crippen LogP contribution is -2.61. The highest BCUT2D eigenvalue weighted by atomic mass is 16.7. The van der Waals surface area contributed by atoms with Crippen LogP contribution in [0.25, 0.3) is 0 Å². The van der Waals surface area contributed by atoms with Gasteiger partial charge in [-0.2, -0.15) is 0 Å². The van der Waals surface area contributed by atoms with Crippen molar-refractivity contribution in [3.63, 3.8) is 0 Å². The molecule has 20 rings (SSSR count). The molecule has 119 heavy (non-hydrogen) atoms. The van der Waals surface area contributed by atoms with Crippen molar-refractivity contribution in [2.24, 2.45) is 127 Å². The first kappa shape index (κ1) is 110. The standard InChI is InChI=1S/C29H44O5.C18H30O2.C16H22O6.C16H26O3.C10H16O4.10CH4/c1-4-27(2,3)25(30)34-24-22-8-21-9-23(24)15-29(13-21,14-22)26(31)33-17-32-16-28-10-18-5-19(11-28)7-20(6-18)12-28;1-5-17(3,4)16(19)20-18(6-2)14-8-12-7-13(10-14)11-15(18)9-12;1-4-16(2,3)15(19)20-7-11(17)21-12-8-5-9-10(6-8)14(18)22-13(9)12;1-4-14(2,3)13(17)19-16-8-11-5-12(9-16)7-15(18,6-11)10-16;1-4-10(2,3)9(12)14-7-5-6-13-8(7)11;;;;;;;;;;/h18-24H,4-17H2,1-3H3;12-15H,5-11H2,1-4H3;8-10,12-13H,4-7H2,1-3H3;11-12,18H,4-10H2,1-3H3;7H,4-6H2,1-3H3;10*1H4. The van der Waals surface area contributed by atoms with Crippen molar-refractivity contribution in [3.8, 4) is 0 Å². The van der Waals surface area contributed by atoms with Gasteiger partial charge in [0.1, 0.15) is 29.5 Å². The van der Waals surface area contributed by atoms with E-state index in [1.54, 1.807) is 27.7 Å². The van der Waals surface area contributed by atoms with Crippen molar-refractivity contribution in [1.29, 1.82) is 0 Å². The molecule has 0 aromatic rings. The van der Waals surface area contributed by atoms with Crippen LogP contribution in [-0.4, -0.2) is 127 Å². The first-order valence-corrected chi connectivity index (χ1v) is 43.3. The van der Waals surface area contributed by atoms with E-state index in [1.165, 1.54) is 77.0 Å². The SMILES string of the molecule is C.C.C.C.C.C.C.C.C.C.CCC(C)(C)C(=O)OC1(CC)C2CC3CC(C2)CC1C3.CCC(C)(C)C(=O)OC12CC3CC(CC(O)(C3)C1)C2.CCC(C)(C)C(=O)OC1C2CC3CC1CC(C(=O)OCOCC14CC5CC(CC(C5)C1)C4)(C3)C2.CCC(C)(C)C(=O)OC1CCOC1=O.CCC(C)(C)C(=O)OCC(=O)OC1C2CC3C(=O)OC1C3C2. The molecule has 10 atom stereocenters. The predicted molar refractivity (Wildman–Crippen MR) is 472 cm³/mol. The van der Waals surface area contributed by atoms with Crippen molar-refractivity contribution in [1.82, 2.24) is 0 Å². The molecular weight excluding hydrogens is 1510 g/mol. The smallest absolute Gasteiger partial charge is 0.347 e. The summed E-state index contributed by atoms with van der Waals surface area (Å²) >= 11 is 0. The van der Waals surface area contributed by atoms with Gasteiger partial charge < -0.3 is 52.5 Å². The average Bonchev–Trinajstić information content (AvgIpc) is 1.52. The number of hydrogen-bond acceptors (Lipinski definition) is 20. The van der Waals surface area contributed by atoms with Crippen molar-refractivity contribution < 1.29 is 95.6 Å². The van der Waals surface area contributed by atoms with Gasteiger partial charge in [0.2, 0.25) is 6.10 Å². The zero-order chi connectivity index (χ0) is 79.0. The fourth-order valence-electron chi connectivity index (χ4n) is 24.5. The van der Waals surface area contributed by atoms with Gasteiger partial charge in [-0.1, -0.05) is 116 Å². The van der Waals surface area contributed by atoms with Crippen molar-refractivity contribution in [3.05, 3.63) is 0 Å². The number of ether oxygens (including phenoxy) is 10. The lowest BCUT2D eigenvalue weighted by Gasteiger charge is -2.60. The van der Waals surface area contributed by atoms with Crippen LogP contribution in [-0.2, 0) is 90.5 Å². The monoisotopic (exact) mass is 1690 g/mol. The number of hydrogen-bond donors (Lipinski definition) is 1. The van der Waals surface area contributed by atoms with Gasteiger partial charge in [0.25, 0.3) is 0 Å². The maximum Gasteiger partial charge on any atom is 0.347 e. The second kappa shape index (κ2) is 42.0. The van der Waals surface area contributed by atoms with E-state index in [0.29, 0.717) is 79.1 Å². The van der Waals surface area contributed by atoms with E-state index in [9.17, 15) is 48.3 Å². The van der Waals surface area contributed by atoms with E-state index >= 15 is 0 Å². The Morgan fingerprint density at radius 2 is 0.882 bits per heavy atom. The third kappa shape index (κ3) is 23.1. The van der Waals surface area contributed by atoms with E-state index in [1.807, 2.05) is 69.2 Å². The fraction of sp³-hybridized carbons (Fsp3) is 0.909. The van der Waals surface area contributed by atoms with Crippen LogP contribution in [0.1, 0.15) is 384 Å². The number of carbonyl (C=O) groups excluding carboxylic acids is 9. The van der Waals surface area contributed by atoms with Crippen LogP contribution < -0.4 is 0 Å². The van der Waals surface area contributed by atoms with Crippen LogP contribution >= 0.6 is 0 Å². The van der Waals surface area contributed by atoms with E-state index < -0.39 is 51.3 Å². The number of rotatable bonds is 23. The molecule has 0 aromatic heterocycles. The van der Waals surface area contributed by atoms with Gasteiger partial charge in [-0.05, 0) is 332 Å². The molecule has 694 valence electrons. The zero-order valence-corrected chi connectivity index (χ0v) is 69.4. The first-order valence-electron chi connectivity index (χ1n) is 43.3. The molecule has 2 saturated heterocycles. The Labute approximate surface area is 724 Å². The van der Waals surface area contributed by atoms with E-state index in [4.69, 9.17) is 47.4 Å². The van der Waals surface area contributed by atoms with E-state index in [2.05, 4.69) is 13.8 Å². The minimum atomic E-state index is -0.687. The molecule has 1 N–H and O–H groups in total. The molecule has 2 heterocycles. The number of cyclic esters (lactones) is 1. The summed E-state index contributed by atoms with van der Waals surface area (Å²) in [7, 11) is 0. The highest BCUT2D eigenvalue weighted by molar-refractivity contribution is 5.83. The molecule has 20 nitrogen and oxygen atoms in total. The number of carbonyl (C=O) groups is 9. The lowest BCUT2D eigenvalue weighted by molar-refractivity contribution is -0.225. The quantitative estimate of drug-likeness (QED) is 0.0431. The topological polar surface area (TPSA) is 266 Å². The molecule has 20 fully saturated rings. The molecule has 18 saturated carbocycles. The average molecular weight is 1690 g/mol. The summed E-state index contributed by atoms with van der Waals surface area (Å²) in [4.78, 5) is 109. The summed E-state index contributed by atoms with van der Waals surface area (Å²) in [5.41, 5.74) is -3.40. The molecule has 20 aliphatic rings. The fourth-order valence-corrected chi connectivity index (χ4v) is 24.5. The van der Waals surface area contributed by atoms with Gasteiger partial charge in [0, 0.05) is 24.7 Å². The van der Waals surface area contributed by atoms with Crippen molar-refractivity contribution in [2.45, 2.75) is 425 Å². The lowest BCUT2D eigenvalue weighted by atomic mass is 9.48. The van der Waals surface area contributed by atoms with Crippen LogP contribution in [0, 0.1) is 127 Å². The summed E-state index contributed by atoms with van der Waals surface area (Å²) in [6.45, 7) is 32.0. The van der Waals surface area contributed by atoms with Crippen LogP contribution in [0.3, 0.4) is 0 Å².